The Morgan fingerprint density at radius 3 is 2.87 bits per heavy atom. The van der Waals surface area contributed by atoms with Crippen LogP contribution < -0.4 is 5.32 Å². The lowest BCUT2D eigenvalue weighted by atomic mass is 9.82. The van der Waals surface area contributed by atoms with E-state index in [-0.39, 0.29) is 24.7 Å². The van der Waals surface area contributed by atoms with Gasteiger partial charge in [-0.15, -0.1) is 34.7 Å². The SMILES string of the molecule is C=C(CCc1nnc([C@H]2C[C@@H](OC(F)(F)F)C2)o1)NC(=O)c1nc2cc(Cl)ccc2s1. The van der Waals surface area contributed by atoms with Crippen LogP contribution in [-0.4, -0.2) is 33.6 Å². The van der Waals surface area contributed by atoms with Gasteiger partial charge in [-0.3, -0.25) is 9.53 Å². The molecule has 0 bridgehead atoms. The lowest BCUT2D eigenvalue weighted by Crippen LogP contribution is -2.34. The standard InChI is InChI=1S/C19H16ClF3N4O3S/c1-9(24-16(28)18-25-13-8-11(20)3-4-14(13)31-18)2-5-15-26-27-17(29-15)10-6-12(7-10)30-19(21,22)23/h3-4,8,10,12H,1-2,5-7H2,(H,24,28)/t10-,12+. The molecule has 1 saturated carbocycles. The van der Waals surface area contributed by atoms with Gasteiger partial charge in [0.25, 0.3) is 5.91 Å². The Morgan fingerprint density at radius 2 is 2.13 bits per heavy atom. The number of carbonyl (C=O) groups is 1. The smallest absolute Gasteiger partial charge is 0.425 e. The molecule has 2 heterocycles. The van der Waals surface area contributed by atoms with E-state index < -0.39 is 12.5 Å². The topological polar surface area (TPSA) is 90.1 Å². The minimum atomic E-state index is -4.64. The van der Waals surface area contributed by atoms with Crippen LogP contribution in [-0.2, 0) is 11.2 Å². The van der Waals surface area contributed by atoms with Crippen molar-refractivity contribution < 1.29 is 27.1 Å². The number of hydrogen-bond donors (Lipinski definition) is 1. The molecule has 2 aromatic heterocycles. The Balaban J connectivity index is 1.25. The van der Waals surface area contributed by atoms with Gasteiger partial charge in [0.15, 0.2) is 5.01 Å². The van der Waals surface area contributed by atoms with E-state index in [0.29, 0.717) is 45.9 Å². The minimum absolute atomic E-state index is 0.178. The minimum Gasteiger partial charge on any atom is -0.425 e. The number of rotatable bonds is 7. The van der Waals surface area contributed by atoms with Crippen molar-refractivity contribution in [3.8, 4) is 0 Å². The van der Waals surface area contributed by atoms with Crippen LogP contribution in [0.2, 0.25) is 5.02 Å². The molecule has 12 heteroatoms. The number of aromatic nitrogens is 3. The maximum absolute atomic E-state index is 12.4. The fourth-order valence-electron chi connectivity index (χ4n) is 3.12. The molecule has 3 aromatic rings. The number of carbonyl (C=O) groups excluding carboxylic acids is 1. The molecule has 0 spiro atoms. The molecule has 0 saturated heterocycles. The second kappa shape index (κ2) is 8.56. The number of amides is 1. The Labute approximate surface area is 183 Å². The maximum Gasteiger partial charge on any atom is 0.522 e. The van der Waals surface area contributed by atoms with E-state index >= 15 is 0 Å². The Morgan fingerprint density at radius 1 is 1.35 bits per heavy atom. The van der Waals surface area contributed by atoms with Crippen LogP contribution in [0.1, 0.15) is 46.8 Å². The first-order valence-electron chi connectivity index (χ1n) is 9.28. The number of alkyl halides is 3. The lowest BCUT2D eigenvalue weighted by Gasteiger charge is -2.32. The summed E-state index contributed by atoms with van der Waals surface area (Å²) in [6, 6.07) is 5.22. The summed E-state index contributed by atoms with van der Waals surface area (Å²) in [6.45, 7) is 3.83. The van der Waals surface area contributed by atoms with Crippen LogP contribution in [0.3, 0.4) is 0 Å². The molecule has 1 aliphatic carbocycles. The second-order valence-electron chi connectivity index (χ2n) is 7.08. The number of ether oxygens (including phenoxy) is 1. The predicted octanol–water partition coefficient (Wildman–Crippen LogP) is 4.99. The van der Waals surface area contributed by atoms with E-state index in [0.717, 1.165) is 4.70 Å². The van der Waals surface area contributed by atoms with Crippen LogP contribution >= 0.6 is 22.9 Å². The number of benzene rings is 1. The lowest BCUT2D eigenvalue weighted by molar-refractivity contribution is -0.352. The van der Waals surface area contributed by atoms with E-state index in [9.17, 15) is 18.0 Å². The summed E-state index contributed by atoms with van der Waals surface area (Å²) in [7, 11) is 0. The molecule has 0 radical (unpaired) electrons. The molecule has 1 amide bonds. The first kappa shape index (κ1) is 21.7. The molecule has 1 N–H and O–H groups in total. The maximum atomic E-state index is 12.4. The molecular weight excluding hydrogens is 457 g/mol. The van der Waals surface area contributed by atoms with Gasteiger partial charge in [0.2, 0.25) is 11.8 Å². The first-order valence-corrected chi connectivity index (χ1v) is 10.5. The number of hydrogen-bond acceptors (Lipinski definition) is 7. The number of allylic oxidation sites excluding steroid dienone is 1. The largest absolute Gasteiger partial charge is 0.522 e. The van der Waals surface area contributed by atoms with Crippen LogP contribution in [0.4, 0.5) is 13.2 Å². The highest BCUT2D eigenvalue weighted by molar-refractivity contribution is 7.20. The normalized spacial score (nSPS) is 18.7. The fourth-order valence-corrected chi connectivity index (χ4v) is 4.12. The average Bonchev–Trinajstić information content (AvgIpc) is 3.28. The number of fused-ring (bicyclic) bond motifs is 1. The molecule has 31 heavy (non-hydrogen) atoms. The average molecular weight is 473 g/mol. The number of aryl methyl sites for hydroxylation is 1. The van der Waals surface area contributed by atoms with Gasteiger partial charge < -0.3 is 9.73 Å². The Hall–Kier alpha value is -2.50. The van der Waals surface area contributed by atoms with Crippen LogP contribution in [0.25, 0.3) is 10.2 Å². The third kappa shape index (κ3) is 5.41. The number of nitrogens with zero attached hydrogens (tertiary/aromatic N) is 3. The van der Waals surface area contributed by atoms with Crippen LogP contribution in [0.15, 0.2) is 34.9 Å². The van der Waals surface area contributed by atoms with Crippen molar-refractivity contribution in [1.29, 1.82) is 0 Å². The van der Waals surface area contributed by atoms with Crippen molar-refractivity contribution in [3.63, 3.8) is 0 Å². The molecule has 1 fully saturated rings. The summed E-state index contributed by atoms with van der Waals surface area (Å²) < 4.78 is 46.9. The van der Waals surface area contributed by atoms with Crippen molar-refractivity contribution in [3.05, 3.63) is 52.3 Å². The van der Waals surface area contributed by atoms with Crippen molar-refractivity contribution >= 4 is 39.1 Å². The third-order valence-corrected chi connectivity index (χ3v) is 5.97. The highest BCUT2D eigenvalue weighted by Gasteiger charge is 2.42. The van der Waals surface area contributed by atoms with E-state index in [1.54, 1.807) is 18.2 Å². The summed E-state index contributed by atoms with van der Waals surface area (Å²) in [4.78, 5) is 16.7. The number of thiazole rings is 1. The second-order valence-corrected chi connectivity index (χ2v) is 8.54. The van der Waals surface area contributed by atoms with E-state index in [4.69, 9.17) is 16.0 Å². The summed E-state index contributed by atoms with van der Waals surface area (Å²) in [5.74, 6) is -0.0113. The van der Waals surface area contributed by atoms with Crippen LogP contribution in [0.5, 0.6) is 0 Å². The van der Waals surface area contributed by atoms with E-state index in [1.165, 1.54) is 11.3 Å². The molecule has 1 aliphatic rings. The molecule has 164 valence electrons. The van der Waals surface area contributed by atoms with Crippen molar-refractivity contribution in [2.24, 2.45) is 0 Å². The first-order chi connectivity index (χ1) is 14.7. The number of halogens is 4. The van der Waals surface area contributed by atoms with Gasteiger partial charge in [0.05, 0.1) is 16.3 Å². The summed E-state index contributed by atoms with van der Waals surface area (Å²) in [5, 5.41) is 11.3. The summed E-state index contributed by atoms with van der Waals surface area (Å²) in [5.41, 5.74) is 1.09. The third-order valence-electron chi connectivity index (χ3n) is 4.70. The highest BCUT2D eigenvalue weighted by Crippen LogP contribution is 2.40. The summed E-state index contributed by atoms with van der Waals surface area (Å²) in [6.07, 6.45) is -4.48. The molecule has 0 aliphatic heterocycles. The van der Waals surface area contributed by atoms with Gasteiger partial charge >= 0.3 is 6.36 Å². The van der Waals surface area contributed by atoms with Gasteiger partial charge in [-0.25, -0.2) is 4.98 Å². The molecule has 0 atom stereocenters. The zero-order valence-electron chi connectivity index (χ0n) is 15.9. The van der Waals surface area contributed by atoms with Crippen molar-refractivity contribution in [2.75, 3.05) is 0 Å². The van der Waals surface area contributed by atoms with Gasteiger partial charge in [-0.2, -0.15) is 0 Å². The summed E-state index contributed by atoms with van der Waals surface area (Å²) >= 11 is 7.18. The highest BCUT2D eigenvalue weighted by atomic mass is 35.5. The molecular formula is C19H16ClF3N4O3S. The molecule has 0 unspecified atom stereocenters. The molecule has 7 nitrogen and oxygen atoms in total. The van der Waals surface area contributed by atoms with Crippen molar-refractivity contribution in [2.45, 2.75) is 44.1 Å². The Kier molecular flexibility index (Phi) is 6.00. The Bertz CT molecular complexity index is 1120. The van der Waals surface area contributed by atoms with Gasteiger partial charge in [-0.1, -0.05) is 18.2 Å². The zero-order chi connectivity index (χ0) is 22.2. The quantitative estimate of drug-likeness (QED) is 0.521. The van der Waals surface area contributed by atoms with E-state index in [2.05, 4.69) is 31.8 Å². The van der Waals surface area contributed by atoms with Crippen molar-refractivity contribution in [1.82, 2.24) is 20.5 Å². The zero-order valence-corrected chi connectivity index (χ0v) is 17.5. The predicted molar refractivity (Wildman–Crippen MR) is 107 cm³/mol. The van der Waals surface area contributed by atoms with Gasteiger partial charge in [-0.05, 0) is 37.5 Å². The van der Waals surface area contributed by atoms with E-state index in [1.807, 2.05) is 0 Å². The monoisotopic (exact) mass is 472 g/mol. The fraction of sp³-hybridized carbons (Fsp3) is 0.368. The molecule has 4 rings (SSSR count). The number of nitrogens with one attached hydrogen (secondary N) is 1. The van der Waals surface area contributed by atoms with Gasteiger partial charge in [0, 0.05) is 23.1 Å². The van der Waals surface area contributed by atoms with Crippen LogP contribution in [0, 0.1) is 0 Å². The van der Waals surface area contributed by atoms with Gasteiger partial charge in [0.1, 0.15) is 0 Å². The molecule has 1 aromatic carbocycles.